The first-order valence-electron chi connectivity index (χ1n) is 9.73. The number of hydrogen-bond acceptors (Lipinski definition) is 8. The summed E-state index contributed by atoms with van der Waals surface area (Å²) in [5.74, 6) is -1.72. The van der Waals surface area contributed by atoms with Gasteiger partial charge >= 0.3 is 35.7 Å². The average Bonchev–Trinajstić information content (AvgIpc) is 2.63. The molecule has 0 radical (unpaired) electrons. The van der Waals surface area contributed by atoms with Gasteiger partial charge in [0.25, 0.3) is 0 Å². The van der Waals surface area contributed by atoms with E-state index in [0.29, 0.717) is 5.56 Å². The molecule has 0 aliphatic carbocycles. The minimum absolute atomic E-state index is 0. The molecule has 31 heavy (non-hydrogen) atoms. The second-order valence-electron chi connectivity index (χ2n) is 8.14. The van der Waals surface area contributed by atoms with Gasteiger partial charge in [0, 0.05) is 0 Å². The summed E-state index contributed by atoms with van der Waals surface area (Å²) in [5.41, 5.74) is 6.49. The van der Waals surface area contributed by atoms with E-state index in [-0.39, 0.29) is 60.8 Å². The van der Waals surface area contributed by atoms with Crippen molar-refractivity contribution in [1.29, 1.82) is 0 Å². The van der Waals surface area contributed by atoms with Gasteiger partial charge in [-0.3, -0.25) is 4.79 Å². The van der Waals surface area contributed by atoms with Gasteiger partial charge in [0.15, 0.2) is 0 Å². The molecule has 0 fully saturated rings. The summed E-state index contributed by atoms with van der Waals surface area (Å²) < 4.78 is 40.6. The van der Waals surface area contributed by atoms with Crippen molar-refractivity contribution < 1.29 is 62.0 Å². The van der Waals surface area contributed by atoms with Crippen LogP contribution in [0.5, 0.6) is 0 Å². The SMILES string of the molecule is CC(C)CC(N)C(O)(C(=O)[C@H](CC(C)C)NC(=O)OCc1ccccc1)S(=O)(=O)[O-].[Na+]. The molecule has 1 amide bonds. The molecule has 0 aliphatic rings. The number of Topliss-reactive ketones (excluding diaryl/α,β-unsaturated/α-hetero) is 1. The van der Waals surface area contributed by atoms with Crippen molar-refractivity contribution >= 4 is 22.0 Å². The zero-order valence-electron chi connectivity index (χ0n) is 18.7. The Kier molecular flexibility index (Phi) is 12.5. The molecule has 4 N–H and O–H groups in total. The van der Waals surface area contributed by atoms with Crippen LogP contribution in [0.4, 0.5) is 4.79 Å². The molecule has 0 spiro atoms. The van der Waals surface area contributed by atoms with Crippen LogP contribution in [0.3, 0.4) is 0 Å². The van der Waals surface area contributed by atoms with Crippen molar-refractivity contribution in [2.75, 3.05) is 0 Å². The molecule has 0 aromatic heterocycles. The van der Waals surface area contributed by atoms with Crippen molar-refractivity contribution in [3.8, 4) is 0 Å². The number of hydrogen-bond donors (Lipinski definition) is 3. The van der Waals surface area contributed by atoms with Crippen LogP contribution >= 0.6 is 0 Å². The molecular formula is C20H31N2NaO7S. The van der Waals surface area contributed by atoms with Crippen molar-refractivity contribution in [1.82, 2.24) is 5.32 Å². The van der Waals surface area contributed by atoms with Gasteiger partial charge in [0.2, 0.25) is 10.7 Å². The minimum Gasteiger partial charge on any atom is -0.745 e. The third kappa shape index (κ3) is 8.80. The first-order chi connectivity index (χ1) is 13.8. The van der Waals surface area contributed by atoms with Gasteiger partial charge in [-0.25, -0.2) is 13.2 Å². The molecule has 9 nitrogen and oxygen atoms in total. The number of ether oxygens (including phenoxy) is 1. The van der Waals surface area contributed by atoms with Crippen LogP contribution in [0.2, 0.25) is 0 Å². The number of amides is 1. The van der Waals surface area contributed by atoms with Crippen LogP contribution in [0.25, 0.3) is 0 Å². The Labute approximate surface area is 206 Å². The fourth-order valence-corrected chi connectivity index (χ4v) is 3.87. The number of nitrogens with one attached hydrogen (secondary N) is 1. The Hall–Kier alpha value is -1.01. The molecule has 1 aromatic rings. The Morgan fingerprint density at radius 1 is 1.13 bits per heavy atom. The molecule has 0 bridgehead atoms. The van der Waals surface area contributed by atoms with E-state index in [1.165, 1.54) is 0 Å². The molecule has 1 aromatic carbocycles. The summed E-state index contributed by atoms with van der Waals surface area (Å²) in [6.07, 6.45) is -1.09. The summed E-state index contributed by atoms with van der Waals surface area (Å²) in [7, 11) is -5.54. The van der Waals surface area contributed by atoms with Gasteiger partial charge in [-0.15, -0.1) is 0 Å². The molecular weight excluding hydrogens is 435 g/mol. The van der Waals surface area contributed by atoms with E-state index in [2.05, 4.69) is 5.32 Å². The van der Waals surface area contributed by atoms with Gasteiger partial charge in [-0.1, -0.05) is 58.0 Å². The van der Waals surface area contributed by atoms with Crippen LogP contribution < -0.4 is 40.6 Å². The fourth-order valence-electron chi connectivity index (χ4n) is 3.02. The zero-order chi connectivity index (χ0) is 23.1. The first kappa shape index (κ1) is 30.0. The Morgan fingerprint density at radius 3 is 2.10 bits per heavy atom. The van der Waals surface area contributed by atoms with Crippen LogP contribution in [-0.4, -0.2) is 47.0 Å². The maximum absolute atomic E-state index is 13.0. The molecule has 0 aliphatic heterocycles. The molecule has 0 saturated carbocycles. The number of carbonyl (C=O) groups is 2. The van der Waals surface area contributed by atoms with Crippen LogP contribution in [0, 0.1) is 11.8 Å². The molecule has 0 heterocycles. The summed E-state index contributed by atoms with van der Waals surface area (Å²) in [6, 6.07) is 5.67. The van der Waals surface area contributed by atoms with Crippen molar-refractivity contribution in [3.05, 3.63) is 35.9 Å². The summed E-state index contributed by atoms with van der Waals surface area (Å²) in [6.45, 7) is 6.79. The van der Waals surface area contributed by atoms with Gasteiger partial charge in [0.1, 0.15) is 16.7 Å². The van der Waals surface area contributed by atoms with Crippen molar-refractivity contribution in [2.24, 2.45) is 17.6 Å². The first-order valence-corrected chi connectivity index (χ1v) is 11.1. The van der Waals surface area contributed by atoms with Crippen LogP contribution in [0.1, 0.15) is 46.1 Å². The average molecular weight is 467 g/mol. The number of alkyl carbamates (subject to hydrolysis) is 1. The number of carbonyl (C=O) groups excluding carboxylic acids is 2. The summed E-state index contributed by atoms with van der Waals surface area (Å²) in [5, 5.41) is 12.9. The van der Waals surface area contributed by atoms with Gasteiger partial charge in [0.05, 0.1) is 12.1 Å². The van der Waals surface area contributed by atoms with Gasteiger partial charge < -0.3 is 25.4 Å². The molecule has 0 saturated heterocycles. The van der Waals surface area contributed by atoms with Crippen LogP contribution in [0.15, 0.2) is 30.3 Å². The smallest absolute Gasteiger partial charge is 0.745 e. The number of benzene rings is 1. The number of nitrogens with two attached hydrogens (primary N) is 1. The number of aliphatic hydroxyl groups is 1. The maximum atomic E-state index is 13.0. The van der Waals surface area contributed by atoms with E-state index in [9.17, 15) is 27.7 Å². The predicted octanol–water partition coefficient (Wildman–Crippen LogP) is -1.49. The Balaban J connectivity index is 0.00000900. The number of rotatable bonds is 11. The maximum Gasteiger partial charge on any atom is 1.00 e. The van der Waals surface area contributed by atoms with Crippen molar-refractivity contribution in [2.45, 2.75) is 64.2 Å². The second kappa shape index (κ2) is 12.9. The minimum atomic E-state index is -5.54. The van der Waals surface area contributed by atoms with Crippen molar-refractivity contribution in [3.63, 3.8) is 0 Å². The van der Waals surface area contributed by atoms with E-state index >= 15 is 0 Å². The zero-order valence-corrected chi connectivity index (χ0v) is 21.5. The van der Waals surface area contributed by atoms with E-state index in [0.717, 1.165) is 0 Å². The van der Waals surface area contributed by atoms with Gasteiger partial charge in [-0.2, -0.15) is 0 Å². The molecule has 3 atom stereocenters. The van der Waals surface area contributed by atoms with E-state index in [4.69, 9.17) is 10.5 Å². The summed E-state index contributed by atoms with van der Waals surface area (Å²) in [4.78, 5) is 21.8. The fraction of sp³-hybridized carbons (Fsp3) is 0.600. The predicted molar refractivity (Wildman–Crippen MR) is 110 cm³/mol. The third-order valence-electron chi connectivity index (χ3n) is 4.49. The van der Waals surface area contributed by atoms with Gasteiger partial charge in [-0.05, 0) is 30.2 Å². The third-order valence-corrected chi connectivity index (χ3v) is 5.76. The number of ketones is 1. The quantitative estimate of drug-likeness (QED) is 0.263. The molecule has 170 valence electrons. The summed E-state index contributed by atoms with van der Waals surface area (Å²) >= 11 is 0. The standard InChI is InChI=1S/C20H32N2O7S.Na/c1-13(2)10-16(22-19(24)29-12-15-8-6-5-7-9-15)18(23)20(25,30(26,27)28)17(21)11-14(3)4;/h5-9,13-14,16-17,25H,10-12,21H2,1-4H3,(H,22,24)(H,26,27,28);/q;+1/p-1/t16-,17?,20?;/m0./s1. The Bertz CT molecular complexity index is 818. The Morgan fingerprint density at radius 2 is 1.65 bits per heavy atom. The van der Waals surface area contributed by atoms with E-state index < -0.39 is 39.0 Å². The largest absolute Gasteiger partial charge is 1.00 e. The molecule has 1 rings (SSSR count). The second-order valence-corrected chi connectivity index (χ2v) is 9.67. The van der Waals surface area contributed by atoms with Crippen LogP contribution in [-0.2, 0) is 26.3 Å². The topological polar surface area (TPSA) is 159 Å². The van der Waals surface area contributed by atoms with E-state index in [1.54, 1.807) is 58.0 Å². The normalized spacial score (nSPS) is 15.5. The molecule has 11 heteroatoms. The monoisotopic (exact) mass is 466 g/mol. The molecule has 2 unspecified atom stereocenters. The van der Waals surface area contributed by atoms with E-state index in [1.807, 2.05) is 0 Å².